The molecule has 0 fully saturated rings. The minimum atomic E-state index is -1.56. The van der Waals surface area contributed by atoms with Crippen molar-refractivity contribution in [3.05, 3.63) is 97.5 Å². The van der Waals surface area contributed by atoms with E-state index in [1.54, 1.807) is 7.15 Å². The number of alkyl halides is 1. The Bertz CT molecular complexity index is 965. The SMILES string of the molecule is Brc1ccc2c(c1)NC(c1ccccc1)I1C2=Cc2ccccc21. The molecule has 0 radical (unpaired) electrons. The van der Waals surface area contributed by atoms with Crippen LogP contribution < -0.4 is 5.32 Å². The molecule has 5 rings (SSSR count). The molecule has 0 spiro atoms. The number of hydrogen-bond donors (Lipinski definition) is 1. The van der Waals surface area contributed by atoms with Crippen molar-refractivity contribution >= 4 is 51.1 Å². The van der Waals surface area contributed by atoms with Gasteiger partial charge in [-0.05, 0) is 0 Å². The minimum absolute atomic E-state index is 0.409. The predicted octanol–water partition coefficient (Wildman–Crippen LogP) is 6.76. The van der Waals surface area contributed by atoms with Crippen LogP contribution in [0.5, 0.6) is 0 Å². The van der Waals surface area contributed by atoms with E-state index in [4.69, 9.17) is 0 Å². The van der Waals surface area contributed by atoms with Crippen LogP contribution in [0.1, 0.15) is 20.7 Å². The Morgan fingerprint density at radius 3 is 2.54 bits per heavy atom. The zero-order chi connectivity index (χ0) is 16.1. The van der Waals surface area contributed by atoms with E-state index in [1.165, 1.54) is 22.4 Å². The Hall–Kier alpha value is -1.59. The van der Waals surface area contributed by atoms with Crippen LogP contribution in [0, 0.1) is 3.57 Å². The fourth-order valence-electron chi connectivity index (χ4n) is 3.37. The molecule has 0 saturated carbocycles. The third-order valence-corrected chi connectivity index (χ3v) is 11.6. The molecule has 2 heterocycles. The van der Waals surface area contributed by atoms with Gasteiger partial charge < -0.3 is 0 Å². The molecule has 0 aliphatic carbocycles. The Morgan fingerprint density at radius 2 is 1.67 bits per heavy atom. The fourth-order valence-corrected chi connectivity index (χ4v) is 10.9. The van der Waals surface area contributed by atoms with Crippen molar-refractivity contribution in [2.45, 2.75) is 4.05 Å². The summed E-state index contributed by atoms with van der Waals surface area (Å²) in [6.07, 6.45) is 2.43. The first-order valence-electron chi connectivity index (χ1n) is 7.92. The van der Waals surface area contributed by atoms with Crippen molar-refractivity contribution in [1.82, 2.24) is 0 Å². The third kappa shape index (κ3) is 2.25. The molecule has 3 heteroatoms. The molecule has 118 valence electrons. The fraction of sp³-hybridized carbons (Fsp3) is 0.0476. The summed E-state index contributed by atoms with van der Waals surface area (Å²) in [7, 11) is 0. The van der Waals surface area contributed by atoms with Gasteiger partial charge >= 0.3 is 158 Å². The topological polar surface area (TPSA) is 12.0 Å². The zero-order valence-corrected chi connectivity index (χ0v) is 16.6. The van der Waals surface area contributed by atoms with E-state index in [2.05, 4.69) is 100 Å². The van der Waals surface area contributed by atoms with Crippen LogP contribution in [0.4, 0.5) is 5.69 Å². The van der Waals surface area contributed by atoms with Crippen molar-refractivity contribution in [1.29, 1.82) is 0 Å². The number of nitrogens with one attached hydrogen (secondary N) is 1. The maximum absolute atomic E-state index is 3.87. The Balaban J connectivity index is 1.74. The predicted molar refractivity (Wildman–Crippen MR) is 114 cm³/mol. The Kier molecular flexibility index (Phi) is 3.52. The first-order valence-corrected chi connectivity index (χ1v) is 12.1. The van der Waals surface area contributed by atoms with Gasteiger partial charge in [-0.3, -0.25) is 0 Å². The molecular formula is C21H15BrIN. The number of anilines is 1. The van der Waals surface area contributed by atoms with Gasteiger partial charge in [-0.1, -0.05) is 0 Å². The van der Waals surface area contributed by atoms with E-state index in [0.29, 0.717) is 4.05 Å². The summed E-state index contributed by atoms with van der Waals surface area (Å²) >= 11 is 2.06. The molecule has 3 aromatic carbocycles. The molecule has 2 aliphatic rings. The zero-order valence-electron chi connectivity index (χ0n) is 12.8. The molecule has 1 N–H and O–H groups in total. The second-order valence-electron chi connectivity index (χ2n) is 5.93. The van der Waals surface area contributed by atoms with Gasteiger partial charge in [-0.25, -0.2) is 0 Å². The van der Waals surface area contributed by atoms with Crippen molar-refractivity contribution in [3.8, 4) is 0 Å². The number of rotatable bonds is 1. The molecule has 0 bridgehead atoms. The summed E-state index contributed by atoms with van der Waals surface area (Å²) in [5.74, 6) is 0. The quantitative estimate of drug-likeness (QED) is 0.227. The van der Waals surface area contributed by atoms with Crippen LogP contribution in [0.15, 0.2) is 77.3 Å². The van der Waals surface area contributed by atoms with E-state index in [-0.39, 0.29) is 0 Å². The normalized spacial score (nSPS) is 19.0. The summed E-state index contributed by atoms with van der Waals surface area (Å²) in [5, 5.41) is 3.87. The second kappa shape index (κ2) is 5.74. The van der Waals surface area contributed by atoms with Crippen LogP contribution in [-0.4, -0.2) is 0 Å². The van der Waals surface area contributed by atoms with Crippen LogP contribution in [-0.2, 0) is 0 Å². The average Bonchev–Trinajstić information content (AvgIpc) is 3.01. The molecule has 1 unspecified atom stereocenters. The first kappa shape index (κ1) is 14.7. The number of benzene rings is 3. The van der Waals surface area contributed by atoms with Crippen LogP contribution in [0.3, 0.4) is 0 Å². The van der Waals surface area contributed by atoms with Gasteiger partial charge in [-0.2, -0.15) is 0 Å². The van der Waals surface area contributed by atoms with Crippen molar-refractivity contribution in [3.63, 3.8) is 0 Å². The van der Waals surface area contributed by atoms with Crippen molar-refractivity contribution in [2.75, 3.05) is 5.32 Å². The molecular weight excluding hydrogens is 473 g/mol. The molecule has 2 aliphatic heterocycles. The van der Waals surface area contributed by atoms with Gasteiger partial charge in [-0.15, -0.1) is 0 Å². The van der Waals surface area contributed by atoms with E-state index in [0.717, 1.165) is 4.47 Å². The van der Waals surface area contributed by atoms with Gasteiger partial charge in [0.1, 0.15) is 0 Å². The number of fused-ring (bicyclic) bond motifs is 5. The van der Waals surface area contributed by atoms with Crippen LogP contribution in [0.2, 0.25) is 0 Å². The standard InChI is InChI=1S/C21H15BrIN/c22-16-10-11-17-19-12-15-8-4-5-9-18(15)23(19)21(24-20(17)13-16)14-6-2-1-3-7-14/h1-13,21,24H. The Morgan fingerprint density at radius 1 is 0.875 bits per heavy atom. The van der Waals surface area contributed by atoms with Gasteiger partial charge in [0.05, 0.1) is 0 Å². The summed E-state index contributed by atoms with van der Waals surface area (Å²) in [4.78, 5) is 0. The van der Waals surface area contributed by atoms with Crippen LogP contribution in [0.25, 0.3) is 9.66 Å². The molecule has 3 aromatic rings. The van der Waals surface area contributed by atoms with E-state index in [9.17, 15) is 0 Å². The van der Waals surface area contributed by atoms with E-state index in [1.807, 2.05) is 0 Å². The van der Waals surface area contributed by atoms with Crippen molar-refractivity contribution < 1.29 is 0 Å². The molecule has 0 aromatic heterocycles. The number of hydrogen-bond acceptors (Lipinski definition) is 1. The first-order chi connectivity index (χ1) is 11.8. The van der Waals surface area contributed by atoms with Crippen LogP contribution >= 0.6 is 35.7 Å². The molecule has 1 atom stereocenters. The van der Waals surface area contributed by atoms with Gasteiger partial charge in [0.25, 0.3) is 0 Å². The molecule has 24 heavy (non-hydrogen) atoms. The monoisotopic (exact) mass is 487 g/mol. The third-order valence-electron chi connectivity index (χ3n) is 4.46. The summed E-state index contributed by atoms with van der Waals surface area (Å²) in [6, 6.07) is 26.5. The number of halogens is 2. The summed E-state index contributed by atoms with van der Waals surface area (Å²) < 4.78 is 4.69. The maximum atomic E-state index is 3.87. The van der Waals surface area contributed by atoms with Gasteiger partial charge in [0, 0.05) is 0 Å². The second-order valence-corrected chi connectivity index (χ2v) is 12.2. The van der Waals surface area contributed by atoms with E-state index < -0.39 is 19.8 Å². The van der Waals surface area contributed by atoms with Gasteiger partial charge in [0.2, 0.25) is 0 Å². The molecule has 0 saturated heterocycles. The Labute approximate surface area is 157 Å². The van der Waals surface area contributed by atoms with E-state index >= 15 is 0 Å². The molecule has 0 amide bonds. The molecule has 1 nitrogen and oxygen atoms in total. The van der Waals surface area contributed by atoms with Gasteiger partial charge in [0.15, 0.2) is 0 Å². The summed E-state index contributed by atoms with van der Waals surface area (Å²) in [6.45, 7) is 0. The van der Waals surface area contributed by atoms with Crippen molar-refractivity contribution in [2.24, 2.45) is 0 Å². The average molecular weight is 488 g/mol. The summed E-state index contributed by atoms with van der Waals surface area (Å²) in [5.41, 5.74) is 5.43.